The second-order valence-electron chi connectivity index (χ2n) is 8.70. The molecule has 0 bridgehead atoms. The molecule has 0 aliphatic carbocycles. The third kappa shape index (κ3) is 4.39. The Bertz CT molecular complexity index is 833. The summed E-state index contributed by atoms with van der Waals surface area (Å²) in [6, 6.07) is 14.5. The molecule has 4 heteroatoms. The molecule has 2 aromatic rings. The Balaban J connectivity index is 2.12. The average Bonchev–Trinajstić information content (AvgIpc) is 2.59. The van der Waals surface area contributed by atoms with Crippen LogP contribution in [0.2, 0.25) is 0 Å². The molecule has 0 spiro atoms. The summed E-state index contributed by atoms with van der Waals surface area (Å²) in [5.74, 6) is 0. The highest BCUT2D eigenvalue weighted by Crippen LogP contribution is 2.41. The Labute approximate surface area is 168 Å². The van der Waals surface area contributed by atoms with E-state index in [-0.39, 0.29) is 18.2 Å². The van der Waals surface area contributed by atoms with Crippen molar-refractivity contribution in [1.82, 2.24) is 4.90 Å². The first-order valence-electron chi connectivity index (χ1n) is 9.86. The van der Waals surface area contributed by atoms with Crippen LogP contribution >= 0.6 is 0 Å². The Morgan fingerprint density at radius 2 is 1.75 bits per heavy atom. The fourth-order valence-electron chi connectivity index (χ4n) is 4.10. The number of aryl methyl sites for hydroxylation is 2. The first kappa shape index (κ1) is 20.4. The summed E-state index contributed by atoms with van der Waals surface area (Å²) in [7, 11) is 1.68. The molecule has 0 radical (unpaired) electrons. The summed E-state index contributed by atoms with van der Waals surface area (Å²) in [5, 5.41) is 0. The quantitative estimate of drug-likeness (QED) is 0.702. The van der Waals surface area contributed by atoms with Gasteiger partial charge in [0.25, 0.3) is 0 Å². The molecule has 1 unspecified atom stereocenters. The number of carbonyl (C=O) groups excluding carboxylic acids is 1. The van der Waals surface area contributed by atoms with Crippen molar-refractivity contribution in [2.45, 2.75) is 58.7 Å². The molecule has 1 aliphatic rings. The molecule has 1 amide bonds. The van der Waals surface area contributed by atoms with Gasteiger partial charge in [0.05, 0.1) is 18.7 Å². The number of hydrogen-bond donors (Lipinski definition) is 0. The standard InChI is InChI=1S/C24H31NO3/c1-16-11-17(2)13-19(12-16)21-14-18-9-7-8-10-20(18)22(15-27-6)25(21)23(26)28-24(3,4)5/h7-13,21-22H,14-15H2,1-6H3/t21-,22?/m0/s1. The van der Waals surface area contributed by atoms with E-state index in [1.165, 1.54) is 16.7 Å². The van der Waals surface area contributed by atoms with Crippen LogP contribution in [0.25, 0.3) is 0 Å². The lowest BCUT2D eigenvalue weighted by Gasteiger charge is -2.43. The van der Waals surface area contributed by atoms with E-state index in [1.54, 1.807) is 7.11 Å². The molecule has 0 fully saturated rings. The van der Waals surface area contributed by atoms with Crippen LogP contribution in [0.5, 0.6) is 0 Å². The Morgan fingerprint density at radius 1 is 1.11 bits per heavy atom. The lowest BCUT2D eigenvalue weighted by Crippen LogP contribution is -2.46. The van der Waals surface area contributed by atoms with E-state index in [0.717, 1.165) is 17.5 Å². The minimum atomic E-state index is -0.557. The van der Waals surface area contributed by atoms with Crippen molar-refractivity contribution in [1.29, 1.82) is 0 Å². The predicted octanol–water partition coefficient (Wildman–Crippen LogP) is 5.53. The van der Waals surface area contributed by atoms with Crippen LogP contribution < -0.4 is 0 Å². The number of methoxy groups -OCH3 is 1. The van der Waals surface area contributed by atoms with Crippen LogP contribution in [0.15, 0.2) is 42.5 Å². The zero-order valence-corrected chi connectivity index (χ0v) is 17.8. The minimum absolute atomic E-state index is 0.0940. The van der Waals surface area contributed by atoms with Gasteiger partial charge in [-0.2, -0.15) is 0 Å². The van der Waals surface area contributed by atoms with E-state index in [4.69, 9.17) is 9.47 Å². The average molecular weight is 382 g/mol. The number of fused-ring (bicyclic) bond motifs is 1. The third-order valence-corrected chi connectivity index (χ3v) is 5.06. The van der Waals surface area contributed by atoms with Gasteiger partial charge in [-0.1, -0.05) is 53.6 Å². The first-order chi connectivity index (χ1) is 13.2. The van der Waals surface area contributed by atoms with Crippen molar-refractivity contribution in [3.63, 3.8) is 0 Å². The summed E-state index contributed by atoms with van der Waals surface area (Å²) in [6.07, 6.45) is 0.464. The zero-order chi connectivity index (χ0) is 20.5. The minimum Gasteiger partial charge on any atom is -0.444 e. The number of nitrogens with zero attached hydrogens (tertiary/aromatic N) is 1. The number of hydrogen-bond acceptors (Lipinski definition) is 3. The fourth-order valence-corrected chi connectivity index (χ4v) is 4.10. The van der Waals surface area contributed by atoms with Gasteiger partial charge in [-0.05, 0) is 57.7 Å². The van der Waals surface area contributed by atoms with Crippen LogP contribution in [0.3, 0.4) is 0 Å². The molecule has 1 heterocycles. The van der Waals surface area contributed by atoms with Gasteiger partial charge in [0, 0.05) is 7.11 Å². The number of benzene rings is 2. The van der Waals surface area contributed by atoms with E-state index in [1.807, 2.05) is 31.7 Å². The predicted molar refractivity (Wildman–Crippen MR) is 111 cm³/mol. The molecule has 0 saturated heterocycles. The highest BCUT2D eigenvalue weighted by molar-refractivity contribution is 5.70. The number of ether oxygens (including phenoxy) is 2. The van der Waals surface area contributed by atoms with Crippen molar-refractivity contribution in [2.75, 3.05) is 13.7 Å². The second kappa shape index (κ2) is 7.96. The van der Waals surface area contributed by atoms with E-state index in [9.17, 15) is 4.79 Å². The Kier molecular flexibility index (Phi) is 5.80. The largest absolute Gasteiger partial charge is 0.444 e. The normalized spacial score (nSPS) is 19.3. The van der Waals surface area contributed by atoms with Gasteiger partial charge in [-0.15, -0.1) is 0 Å². The van der Waals surface area contributed by atoms with E-state index in [0.29, 0.717) is 6.61 Å². The highest BCUT2D eigenvalue weighted by Gasteiger charge is 2.40. The van der Waals surface area contributed by atoms with Crippen molar-refractivity contribution in [3.8, 4) is 0 Å². The summed E-state index contributed by atoms with van der Waals surface area (Å²) in [6.45, 7) is 10.3. The van der Waals surface area contributed by atoms with Gasteiger partial charge < -0.3 is 9.47 Å². The van der Waals surface area contributed by atoms with Crippen LogP contribution in [0, 0.1) is 13.8 Å². The third-order valence-electron chi connectivity index (χ3n) is 5.06. The maximum atomic E-state index is 13.3. The lowest BCUT2D eigenvalue weighted by atomic mass is 9.85. The summed E-state index contributed by atoms with van der Waals surface area (Å²) in [4.78, 5) is 15.2. The van der Waals surface area contributed by atoms with Crippen LogP contribution in [0.1, 0.15) is 60.7 Å². The molecule has 0 N–H and O–H groups in total. The first-order valence-corrected chi connectivity index (χ1v) is 9.86. The molecule has 2 aromatic carbocycles. The monoisotopic (exact) mass is 381 g/mol. The van der Waals surface area contributed by atoms with Crippen LogP contribution in [-0.2, 0) is 15.9 Å². The van der Waals surface area contributed by atoms with E-state index in [2.05, 4.69) is 50.2 Å². The fraction of sp³-hybridized carbons (Fsp3) is 0.458. The van der Waals surface area contributed by atoms with Crippen molar-refractivity contribution >= 4 is 6.09 Å². The SMILES string of the molecule is COCC1c2ccccc2C[C@@H](c2cc(C)cc(C)c2)N1C(=O)OC(C)(C)C. The molecule has 150 valence electrons. The molecule has 2 atom stereocenters. The van der Waals surface area contributed by atoms with Crippen molar-refractivity contribution in [2.24, 2.45) is 0 Å². The highest BCUT2D eigenvalue weighted by atomic mass is 16.6. The smallest absolute Gasteiger partial charge is 0.411 e. The number of rotatable bonds is 3. The van der Waals surface area contributed by atoms with Gasteiger partial charge in [0.1, 0.15) is 5.60 Å². The van der Waals surface area contributed by atoms with Gasteiger partial charge in [-0.3, -0.25) is 4.90 Å². The number of amides is 1. The molecular formula is C24H31NO3. The molecule has 1 aliphatic heterocycles. The van der Waals surface area contributed by atoms with Crippen molar-refractivity contribution in [3.05, 3.63) is 70.3 Å². The molecule has 0 aromatic heterocycles. The number of carbonyl (C=O) groups is 1. The van der Waals surface area contributed by atoms with E-state index >= 15 is 0 Å². The summed E-state index contributed by atoms with van der Waals surface area (Å²) in [5.41, 5.74) is 5.37. The van der Waals surface area contributed by atoms with E-state index < -0.39 is 5.60 Å². The summed E-state index contributed by atoms with van der Waals surface area (Å²) >= 11 is 0. The van der Waals surface area contributed by atoms with Gasteiger partial charge in [0.15, 0.2) is 0 Å². The van der Waals surface area contributed by atoms with Crippen molar-refractivity contribution < 1.29 is 14.3 Å². The topological polar surface area (TPSA) is 38.8 Å². The second-order valence-corrected chi connectivity index (χ2v) is 8.70. The lowest BCUT2D eigenvalue weighted by molar-refractivity contribution is -0.0119. The zero-order valence-electron chi connectivity index (χ0n) is 17.8. The van der Waals surface area contributed by atoms with Crippen LogP contribution in [-0.4, -0.2) is 30.3 Å². The Hall–Kier alpha value is -2.33. The maximum Gasteiger partial charge on any atom is 0.411 e. The van der Waals surface area contributed by atoms with Crippen LogP contribution in [0.4, 0.5) is 4.79 Å². The van der Waals surface area contributed by atoms with Gasteiger partial charge in [0.2, 0.25) is 0 Å². The molecule has 0 saturated carbocycles. The Morgan fingerprint density at radius 3 is 2.36 bits per heavy atom. The molecule has 28 heavy (non-hydrogen) atoms. The maximum absolute atomic E-state index is 13.3. The molecule has 4 nitrogen and oxygen atoms in total. The summed E-state index contributed by atoms with van der Waals surface area (Å²) < 4.78 is 11.3. The van der Waals surface area contributed by atoms with Gasteiger partial charge >= 0.3 is 6.09 Å². The molecule has 3 rings (SSSR count). The van der Waals surface area contributed by atoms with Gasteiger partial charge in [-0.25, -0.2) is 4.79 Å². The molecular weight excluding hydrogens is 350 g/mol.